The molecule has 356 valence electrons. The lowest BCUT2D eigenvalue weighted by Crippen LogP contribution is -2.52. The van der Waals surface area contributed by atoms with E-state index >= 15 is 0 Å². The normalized spacial score (nSPS) is 19.4. The molecule has 10 rings (SSSR count). The van der Waals surface area contributed by atoms with Crippen LogP contribution in [0.3, 0.4) is 0 Å². The van der Waals surface area contributed by atoms with Gasteiger partial charge >= 0.3 is 6.09 Å². The number of aromatic nitrogens is 4. The van der Waals surface area contributed by atoms with Crippen LogP contribution in [0.15, 0.2) is 120 Å². The zero-order valence-electron chi connectivity index (χ0n) is 38.0. The molecule has 3 aromatic carbocycles. The van der Waals surface area contributed by atoms with Gasteiger partial charge < -0.3 is 35.8 Å². The summed E-state index contributed by atoms with van der Waals surface area (Å²) in [6.45, 7) is 5.39. The van der Waals surface area contributed by atoms with Gasteiger partial charge in [0, 0.05) is 85.8 Å². The van der Waals surface area contributed by atoms with E-state index in [2.05, 4.69) is 57.3 Å². The fourth-order valence-electron chi connectivity index (χ4n) is 9.43. The summed E-state index contributed by atoms with van der Waals surface area (Å²) < 4.78 is 0. The molecule has 6 amide bonds. The molecule has 0 bridgehead atoms. The molecular formula is C50H48N12O7S. The Morgan fingerprint density at radius 1 is 0.843 bits per heavy atom. The maximum Gasteiger partial charge on any atom is 0.405 e. The smallest absolute Gasteiger partial charge is 0.405 e. The van der Waals surface area contributed by atoms with E-state index in [1.54, 1.807) is 67.0 Å². The predicted octanol–water partition coefficient (Wildman–Crippen LogP) is 4.52. The number of imide groups is 1. The van der Waals surface area contributed by atoms with E-state index in [0.717, 1.165) is 55.0 Å². The number of nitrogens with one attached hydrogen (secondary N) is 4. The third-order valence-electron chi connectivity index (χ3n) is 13.2. The fraction of sp³-hybridized carbons (Fsp3) is 0.280. The van der Waals surface area contributed by atoms with Crippen LogP contribution in [0.5, 0.6) is 0 Å². The van der Waals surface area contributed by atoms with Gasteiger partial charge in [-0.15, -0.1) is 10.2 Å². The van der Waals surface area contributed by atoms with Gasteiger partial charge in [-0.1, -0.05) is 36.0 Å². The van der Waals surface area contributed by atoms with E-state index in [-0.39, 0.29) is 48.8 Å². The van der Waals surface area contributed by atoms with Crippen molar-refractivity contribution in [2.24, 2.45) is 0 Å². The second-order valence-electron chi connectivity index (χ2n) is 18.0. The summed E-state index contributed by atoms with van der Waals surface area (Å²) >= 11 is 1.42. The summed E-state index contributed by atoms with van der Waals surface area (Å²) in [5.41, 5.74) is 5.13. The number of benzene rings is 3. The number of carbonyl (C=O) groups is 6. The van der Waals surface area contributed by atoms with Crippen molar-refractivity contribution in [1.29, 1.82) is 0 Å². The number of piperidine rings is 1. The summed E-state index contributed by atoms with van der Waals surface area (Å²) in [5.74, 6) is -0.321. The number of carboxylic acid groups (broad SMARTS) is 1. The largest absolute Gasteiger partial charge is 0.465 e. The van der Waals surface area contributed by atoms with Crippen molar-refractivity contribution in [2.75, 3.05) is 41.3 Å². The average molecular weight is 961 g/mol. The van der Waals surface area contributed by atoms with Crippen molar-refractivity contribution >= 4 is 64.7 Å². The van der Waals surface area contributed by atoms with Gasteiger partial charge in [0.15, 0.2) is 17.3 Å². The Hall–Kier alpha value is -7.97. The third-order valence-corrected chi connectivity index (χ3v) is 14.1. The highest BCUT2D eigenvalue weighted by molar-refractivity contribution is 7.99. The standard InChI is InChI=1S/C50H48N12O7S/c1-50(56-49(68)69)13-15-60(16-14-50)42-27-52-44(28-51-42)70-37-4-2-3-35(25-37)54-45(64)32-7-6-31-23-36(24-33(31)22-32)59-17-19-61(20-18-59)41-11-9-39(57-58-41)46(65)53-26-30-5-8-38-34(21-30)29-62(48(38)67)40-10-12-43(63)55-47(40)66/h2-9,11,13-16,21-22,25,27-28,36,40,56H,10,12,17-20,23-24,26,29H2,1H3,(H,53,65)(H,54,64)(H,68,69)(H,55,63,66). The Kier molecular flexibility index (Phi) is 12.6. The van der Waals surface area contributed by atoms with E-state index in [1.807, 2.05) is 48.5 Å². The first kappa shape index (κ1) is 45.8. The number of hydrogen-bond donors (Lipinski definition) is 5. The maximum absolute atomic E-state index is 13.5. The molecule has 2 aromatic heterocycles. The summed E-state index contributed by atoms with van der Waals surface area (Å²) in [4.78, 5) is 92.6. The number of nitrogens with zero attached hydrogens (tertiary/aromatic N) is 8. The first-order valence-corrected chi connectivity index (χ1v) is 23.7. The van der Waals surface area contributed by atoms with Gasteiger partial charge in [-0.25, -0.2) is 14.8 Å². The highest BCUT2D eigenvalue weighted by atomic mass is 32.2. The molecule has 5 N–H and O–H groups in total. The van der Waals surface area contributed by atoms with Gasteiger partial charge in [0.1, 0.15) is 11.1 Å². The average Bonchev–Trinajstić information content (AvgIpc) is 3.93. The summed E-state index contributed by atoms with van der Waals surface area (Å²) in [7, 11) is 0. The highest BCUT2D eigenvalue weighted by Gasteiger charge is 2.39. The molecule has 20 heteroatoms. The van der Waals surface area contributed by atoms with Gasteiger partial charge in [-0.3, -0.25) is 34.2 Å². The van der Waals surface area contributed by atoms with Crippen LogP contribution in [-0.4, -0.2) is 115 Å². The lowest BCUT2D eigenvalue weighted by atomic mass is 10.0. The summed E-state index contributed by atoms with van der Waals surface area (Å²) in [6.07, 6.45) is 11.4. The lowest BCUT2D eigenvalue weighted by Gasteiger charge is -2.38. The van der Waals surface area contributed by atoms with E-state index in [0.29, 0.717) is 45.9 Å². The van der Waals surface area contributed by atoms with Crippen LogP contribution < -0.4 is 31.1 Å². The number of amides is 6. The van der Waals surface area contributed by atoms with Crippen LogP contribution in [0, 0.1) is 0 Å². The topological polar surface area (TPSA) is 235 Å². The van der Waals surface area contributed by atoms with Gasteiger partial charge in [-0.2, -0.15) is 0 Å². The maximum atomic E-state index is 13.5. The second kappa shape index (κ2) is 19.2. The zero-order valence-corrected chi connectivity index (χ0v) is 38.8. The quantitative estimate of drug-likeness (QED) is 0.108. The molecule has 2 unspecified atom stereocenters. The van der Waals surface area contributed by atoms with E-state index in [9.17, 15) is 28.8 Å². The summed E-state index contributed by atoms with van der Waals surface area (Å²) in [5, 5.41) is 29.1. The van der Waals surface area contributed by atoms with Gasteiger partial charge in [0.25, 0.3) is 17.7 Å². The van der Waals surface area contributed by atoms with Crippen LogP contribution in [0.4, 0.5) is 22.1 Å². The molecule has 4 aliphatic heterocycles. The van der Waals surface area contributed by atoms with E-state index in [1.165, 1.54) is 27.8 Å². The number of piperazine rings is 1. The van der Waals surface area contributed by atoms with Crippen molar-refractivity contribution < 1.29 is 33.9 Å². The number of carbonyl (C=O) groups excluding carboxylic acids is 5. The van der Waals surface area contributed by atoms with Gasteiger partial charge in [-0.05, 0) is 109 Å². The third kappa shape index (κ3) is 9.94. The number of anilines is 3. The first-order valence-electron chi connectivity index (χ1n) is 22.9. The molecule has 0 spiro atoms. The van der Waals surface area contributed by atoms with Gasteiger partial charge in [0.2, 0.25) is 11.8 Å². The Bertz CT molecular complexity index is 2960. The Labute approximate surface area is 406 Å². The molecule has 5 aromatic rings. The molecule has 6 heterocycles. The van der Waals surface area contributed by atoms with Crippen molar-refractivity contribution in [3.63, 3.8) is 0 Å². The minimum Gasteiger partial charge on any atom is -0.465 e. The molecule has 1 aliphatic carbocycles. The number of hydrogen-bond acceptors (Lipinski definition) is 14. The molecule has 19 nitrogen and oxygen atoms in total. The van der Waals surface area contributed by atoms with Gasteiger partial charge in [0.05, 0.1) is 17.9 Å². The second-order valence-corrected chi connectivity index (χ2v) is 19.1. The van der Waals surface area contributed by atoms with E-state index in [4.69, 9.17) is 5.11 Å². The predicted molar refractivity (Wildman–Crippen MR) is 258 cm³/mol. The molecule has 70 heavy (non-hydrogen) atoms. The zero-order chi connectivity index (χ0) is 48.5. The fourth-order valence-corrected chi connectivity index (χ4v) is 10.2. The minimum atomic E-state index is -1.11. The van der Waals surface area contributed by atoms with Crippen LogP contribution in [0.2, 0.25) is 0 Å². The van der Waals surface area contributed by atoms with E-state index < -0.39 is 23.6 Å². The monoisotopic (exact) mass is 960 g/mol. The molecule has 5 aliphatic rings. The first-order chi connectivity index (χ1) is 33.8. The molecule has 2 saturated heterocycles. The van der Waals surface area contributed by atoms with Crippen LogP contribution >= 0.6 is 11.8 Å². The molecule has 0 saturated carbocycles. The SMILES string of the molecule is CC1(NC(=O)O)C=CN(c2cnc(Sc3cccc(NC(=O)c4ccc5c(c4)CC(N4CCN(c6ccc(C(=O)NCc7ccc8c(c7)CN(C7CCC(=O)NC7=O)C8=O)nn6)CC4)C5)c3)cn2)C=C1. The van der Waals surface area contributed by atoms with Crippen molar-refractivity contribution in [1.82, 2.24) is 45.9 Å². The Balaban J connectivity index is 0.670. The van der Waals surface area contributed by atoms with Crippen molar-refractivity contribution in [2.45, 2.75) is 73.2 Å². The number of rotatable bonds is 12. The van der Waals surface area contributed by atoms with Crippen molar-refractivity contribution in [3.8, 4) is 0 Å². The van der Waals surface area contributed by atoms with Crippen LogP contribution in [0.1, 0.15) is 73.2 Å². The Morgan fingerprint density at radius 3 is 2.40 bits per heavy atom. The number of fused-ring (bicyclic) bond motifs is 2. The van der Waals surface area contributed by atoms with Crippen LogP contribution in [-0.2, 0) is 35.5 Å². The summed E-state index contributed by atoms with van der Waals surface area (Å²) in [6, 6.07) is 22.0. The van der Waals surface area contributed by atoms with Crippen molar-refractivity contribution in [3.05, 3.63) is 149 Å². The molecule has 2 atom stereocenters. The molecular weight excluding hydrogens is 913 g/mol. The molecule has 0 radical (unpaired) electrons. The lowest BCUT2D eigenvalue weighted by molar-refractivity contribution is -0.136. The molecule has 2 fully saturated rings. The van der Waals surface area contributed by atoms with Crippen LogP contribution in [0.25, 0.3) is 0 Å². The Morgan fingerprint density at radius 2 is 1.66 bits per heavy atom. The minimum absolute atomic E-state index is 0.187. The highest BCUT2D eigenvalue weighted by Crippen LogP contribution is 2.32.